The average molecular weight is 252 g/mol. The van der Waals surface area contributed by atoms with Crippen molar-refractivity contribution in [1.82, 2.24) is 10.2 Å². The lowest BCUT2D eigenvalue weighted by atomic mass is 10.1. The van der Waals surface area contributed by atoms with Crippen molar-refractivity contribution in [3.05, 3.63) is 28.3 Å². The number of nitrogens with one attached hydrogen (secondary N) is 1. The van der Waals surface area contributed by atoms with Gasteiger partial charge in [-0.3, -0.25) is 0 Å². The van der Waals surface area contributed by atoms with E-state index in [-0.39, 0.29) is 12.6 Å². The molecular formula is C11H16N4OS. The lowest BCUT2D eigenvalue weighted by Gasteiger charge is -2.14. The highest BCUT2D eigenvalue weighted by Crippen LogP contribution is 2.26. The maximum atomic E-state index is 5.43. The first kappa shape index (κ1) is 12.1. The van der Waals surface area contributed by atoms with Crippen molar-refractivity contribution < 1.29 is 4.42 Å². The molecule has 2 heterocycles. The van der Waals surface area contributed by atoms with Gasteiger partial charge < -0.3 is 15.5 Å². The summed E-state index contributed by atoms with van der Waals surface area (Å²) in [6, 6.07) is 4.82. The second-order valence-corrected chi connectivity index (χ2v) is 4.69. The Hall–Kier alpha value is -1.40. The maximum Gasteiger partial charge on any atom is 0.316 e. The van der Waals surface area contributed by atoms with Crippen LogP contribution in [0.25, 0.3) is 0 Å². The highest BCUT2D eigenvalue weighted by molar-refractivity contribution is 7.10. The van der Waals surface area contributed by atoms with Crippen LogP contribution < -0.4 is 11.1 Å². The molecule has 2 aromatic rings. The summed E-state index contributed by atoms with van der Waals surface area (Å²) in [5, 5.41) is 13.1. The van der Waals surface area contributed by atoms with Crippen molar-refractivity contribution in [2.45, 2.75) is 32.4 Å². The van der Waals surface area contributed by atoms with Crippen molar-refractivity contribution in [3.8, 4) is 0 Å². The van der Waals surface area contributed by atoms with Crippen LogP contribution in [0.3, 0.4) is 0 Å². The van der Waals surface area contributed by atoms with E-state index in [2.05, 4.69) is 33.9 Å². The zero-order valence-electron chi connectivity index (χ0n) is 9.72. The minimum atomic E-state index is 0.228. The molecule has 0 aliphatic rings. The first-order chi connectivity index (χ1) is 8.33. The number of hydrogen-bond donors (Lipinski definition) is 2. The molecule has 92 valence electrons. The van der Waals surface area contributed by atoms with E-state index < -0.39 is 0 Å². The molecule has 0 bridgehead atoms. The van der Waals surface area contributed by atoms with E-state index >= 15 is 0 Å². The molecule has 3 N–H and O–H groups in total. The Labute approximate surface area is 104 Å². The summed E-state index contributed by atoms with van der Waals surface area (Å²) in [7, 11) is 0. The molecule has 0 aromatic carbocycles. The van der Waals surface area contributed by atoms with Gasteiger partial charge in [-0.25, -0.2) is 0 Å². The highest BCUT2D eigenvalue weighted by Gasteiger charge is 2.14. The standard InChI is InChI=1S/C11H16N4OS/c1-2-4-8(9-5-3-6-17-9)13-11-15-14-10(7-12)16-11/h3,5-6,8H,2,4,7,12H2,1H3,(H,13,15). The molecule has 6 heteroatoms. The first-order valence-corrected chi connectivity index (χ1v) is 6.53. The van der Waals surface area contributed by atoms with E-state index in [0.29, 0.717) is 11.9 Å². The van der Waals surface area contributed by atoms with E-state index in [0.717, 1.165) is 12.8 Å². The summed E-state index contributed by atoms with van der Waals surface area (Å²) >= 11 is 1.73. The molecule has 17 heavy (non-hydrogen) atoms. The summed E-state index contributed by atoms with van der Waals surface area (Å²) < 4.78 is 5.35. The highest BCUT2D eigenvalue weighted by atomic mass is 32.1. The van der Waals surface area contributed by atoms with Crippen LogP contribution in [0.5, 0.6) is 0 Å². The summed E-state index contributed by atoms with van der Waals surface area (Å²) in [6.07, 6.45) is 2.12. The predicted octanol–water partition coefficient (Wildman–Crippen LogP) is 2.54. The number of anilines is 1. The van der Waals surface area contributed by atoms with E-state index in [1.165, 1.54) is 4.88 Å². The van der Waals surface area contributed by atoms with Crippen molar-refractivity contribution in [1.29, 1.82) is 0 Å². The third-order valence-electron chi connectivity index (χ3n) is 2.40. The largest absolute Gasteiger partial charge is 0.407 e. The van der Waals surface area contributed by atoms with Gasteiger partial charge in [0.25, 0.3) is 0 Å². The van der Waals surface area contributed by atoms with Crippen LogP contribution in [-0.4, -0.2) is 10.2 Å². The Balaban J connectivity index is 2.07. The third kappa shape index (κ3) is 3.04. The number of aromatic nitrogens is 2. The quantitative estimate of drug-likeness (QED) is 0.826. The molecule has 2 rings (SSSR count). The number of thiophene rings is 1. The molecule has 0 aliphatic heterocycles. The molecule has 0 amide bonds. The van der Waals surface area contributed by atoms with E-state index in [1.807, 2.05) is 6.07 Å². The normalized spacial score (nSPS) is 12.6. The Morgan fingerprint density at radius 3 is 3.00 bits per heavy atom. The van der Waals surface area contributed by atoms with Gasteiger partial charge in [-0.2, -0.15) is 0 Å². The van der Waals surface area contributed by atoms with E-state index in [9.17, 15) is 0 Å². The Bertz CT molecular complexity index is 440. The van der Waals surface area contributed by atoms with Gasteiger partial charge in [0, 0.05) is 4.88 Å². The average Bonchev–Trinajstić information content (AvgIpc) is 2.99. The second-order valence-electron chi connectivity index (χ2n) is 3.71. The van der Waals surface area contributed by atoms with E-state index in [1.54, 1.807) is 11.3 Å². The van der Waals surface area contributed by atoms with Crippen LogP contribution >= 0.6 is 11.3 Å². The molecule has 1 unspecified atom stereocenters. The molecular weight excluding hydrogens is 236 g/mol. The molecule has 0 radical (unpaired) electrons. The fraction of sp³-hybridized carbons (Fsp3) is 0.455. The molecule has 0 spiro atoms. The fourth-order valence-corrected chi connectivity index (χ4v) is 2.42. The lowest BCUT2D eigenvalue weighted by molar-refractivity contribution is 0.498. The van der Waals surface area contributed by atoms with Crippen LogP contribution in [0.4, 0.5) is 6.01 Å². The number of rotatable bonds is 6. The zero-order valence-corrected chi connectivity index (χ0v) is 10.5. The van der Waals surface area contributed by atoms with Gasteiger partial charge in [-0.05, 0) is 17.9 Å². The van der Waals surface area contributed by atoms with Crippen LogP contribution in [-0.2, 0) is 6.54 Å². The predicted molar refractivity (Wildman–Crippen MR) is 67.8 cm³/mol. The third-order valence-corrected chi connectivity index (χ3v) is 3.39. The maximum absolute atomic E-state index is 5.43. The van der Waals surface area contributed by atoms with Crippen molar-refractivity contribution >= 4 is 17.4 Å². The van der Waals surface area contributed by atoms with Gasteiger partial charge in [0.05, 0.1) is 12.6 Å². The second kappa shape index (κ2) is 5.79. The van der Waals surface area contributed by atoms with Crippen LogP contribution in [0.15, 0.2) is 21.9 Å². The van der Waals surface area contributed by atoms with Gasteiger partial charge in [-0.1, -0.05) is 24.5 Å². The minimum Gasteiger partial charge on any atom is -0.407 e. The molecule has 0 aliphatic carbocycles. The SMILES string of the molecule is CCCC(Nc1nnc(CN)o1)c1cccs1. The summed E-state index contributed by atoms with van der Waals surface area (Å²) in [6.45, 7) is 2.42. The Morgan fingerprint density at radius 1 is 1.53 bits per heavy atom. The number of nitrogens with two attached hydrogens (primary N) is 1. The van der Waals surface area contributed by atoms with Gasteiger partial charge in [-0.15, -0.1) is 16.4 Å². The van der Waals surface area contributed by atoms with Gasteiger partial charge in [0.15, 0.2) is 0 Å². The van der Waals surface area contributed by atoms with Crippen molar-refractivity contribution in [2.24, 2.45) is 5.73 Å². The molecule has 1 atom stereocenters. The number of hydrogen-bond acceptors (Lipinski definition) is 6. The molecule has 2 aromatic heterocycles. The first-order valence-electron chi connectivity index (χ1n) is 5.66. The lowest BCUT2D eigenvalue weighted by Crippen LogP contribution is -2.09. The summed E-state index contributed by atoms with van der Waals surface area (Å²) in [5.41, 5.74) is 5.43. The zero-order chi connectivity index (χ0) is 12.1. The summed E-state index contributed by atoms with van der Waals surface area (Å²) in [4.78, 5) is 1.28. The Morgan fingerprint density at radius 2 is 2.41 bits per heavy atom. The van der Waals surface area contributed by atoms with Crippen molar-refractivity contribution in [2.75, 3.05) is 5.32 Å². The molecule has 0 fully saturated rings. The van der Waals surface area contributed by atoms with Gasteiger partial charge in [0.2, 0.25) is 5.89 Å². The van der Waals surface area contributed by atoms with E-state index in [4.69, 9.17) is 10.2 Å². The molecule has 0 saturated heterocycles. The monoisotopic (exact) mass is 252 g/mol. The van der Waals surface area contributed by atoms with Crippen LogP contribution in [0.1, 0.15) is 36.6 Å². The molecule has 0 saturated carbocycles. The smallest absolute Gasteiger partial charge is 0.316 e. The minimum absolute atomic E-state index is 0.228. The fourth-order valence-electron chi connectivity index (χ4n) is 1.61. The summed E-state index contributed by atoms with van der Waals surface area (Å²) in [5.74, 6) is 0.453. The molecule has 5 nitrogen and oxygen atoms in total. The van der Waals surface area contributed by atoms with Crippen molar-refractivity contribution in [3.63, 3.8) is 0 Å². The van der Waals surface area contributed by atoms with Crippen LogP contribution in [0.2, 0.25) is 0 Å². The van der Waals surface area contributed by atoms with Gasteiger partial charge >= 0.3 is 6.01 Å². The number of nitrogens with zero attached hydrogens (tertiary/aromatic N) is 2. The Kier molecular flexibility index (Phi) is 4.11. The topological polar surface area (TPSA) is 77.0 Å². The van der Waals surface area contributed by atoms with Crippen LogP contribution in [0, 0.1) is 0 Å². The van der Waals surface area contributed by atoms with Gasteiger partial charge in [0.1, 0.15) is 0 Å².